The fourth-order valence-electron chi connectivity index (χ4n) is 2.17. The van der Waals surface area contributed by atoms with E-state index in [-0.39, 0.29) is 30.4 Å². The molecule has 0 aromatic carbocycles. The maximum absolute atomic E-state index is 12.0. The number of nitrogens with zero attached hydrogens (tertiary/aromatic N) is 2. The zero-order valence-electron chi connectivity index (χ0n) is 12.6. The first-order chi connectivity index (χ1) is 9.15. The van der Waals surface area contributed by atoms with Crippen LogP contribution in [0.4, 0.5) is 4.79 Å². The maximum Gasteiger partial charge on any atom is 0.325 e. The maximum atomic E-state index is 12.0. The second kappa shape index (κ2) is 6.21. The zero-order chi connectivity index (χ0) is 15.5. The Balaban J connectivity index is 2.49. The van der Waals surface area contributed by atoms with E-state index in [4.69, 9.17) is 5.73 Å². The van der Waals surface area contributed by atoms with E-state index >= 15 is 0 Å². The van der Waals surface area contributed by atoms with Crippen LogP contribution in [0.3, 0.4) is 0 Å². The molecule has 1 fully saturated rings. The molecular formula is C13H24N4O3. The predicted molar refractivity (Wildman–Crippen MR) is 74.8 cm³/mol. The number of carbonyl (C=O) groups excluding carboxylic acids is 3. The molecule has 0 unspecified atom stereocenters. The van der Waals surface area contributed by atoms with Crippen LogP contribution in [-0.4, -0.2) is 58.9 Å². The summed E-state index contributed by atoms with van der Waals surface area (Å²) in [6.07, 6.45) is 0.612. The molecule has 0 spiro atoms. The van der Waals surface area contributed by atoms with Crippen LogP contribution in [0.25, 0.3) is 0 Å². The molecule has 7 heteroatoms. The SMILES string of the molecule is CC(C)N(CCCN1C(=O)NC(C)(C)C1=O)CC(N)=O. The van der Waals surface area contributed by atoms with E-state index in [1.807, 2.05) is 18.7 Å². The van der Waals surface area contributed by atoms with Gasteiger partial charge in [-0.2, -0.15) is 0 Å². The monoisotopic (exact) mass is 284 g/mol. The minimum absolute atomic E-state index is 0.182. The van der Waals surface area contributed by atoms with E-state index in [1.165, 1.54) is 4.90 Å². The summed E-state index contributed by atoms with van der Waals surface area (Å²) < 4.78 is 0. The molecule has 20 heavy (non-hydrogen) atoms. The van der Waals surface area contributed by atoms with Crippen molar-refractivity contribution < 1.29 is 14.4 Å². The topological polar surface area (TPSA) is 95.7 Å². The molecule has 1 aliphatic rings. The summed E-state index contributed by atoms with van der Waals surface area (Å²) in [5.74, 6) is -0.594. The van der Waals surface area contributed by atoms with E-state index in [9.17, 15) is 14.4 Å². The quantitative estimate of drug-likeness (QED) is 0.638. The van der Waals surface area contributed by atoms with Gasteiger partial charge in [0.25, 0.3) is 5.91 Å². The summed E-state index contributed by atoms with van der Waals surface area (Å²) in [6.45, 7) is 8.44. The first-order valence-corrected chi connectivity index (χ1v) is 6.81. The first kappa shape index (κ1) is 16.4. The summed E-state index contributed by atoms with van der Waals surface area (Å²) in [5.41, 5.74) is 4.36. The Morgan fingerprint density at radius 2 is 2.00 bits per heavy atom. The normalized spacial score (nSPS) is 18.0. The smallest absolute Gasteiger partial charge is 0.325 e. The van der Waals surface area contributed by atoms with E-state index in [0.29, 0.717) is 19.5 Å². The number of hydrogen-bond donors (Lipinski definition) is 2. The third-order valence-electron chi connectivity index (χ3n) is 3.36. The molecule has 0 radical (unpaired) electrons. The van der Waals surface area contributed by atoms with Crippen molar-refractivity contribution in [1.29, 1.82) is 0 Å². The highest BCUT2D eigenvalue weighted by molar-refractivity contribution is 6.06. The molecule has 114 valence electrons. The van der Waals surface area contributed by atoms with Crippen molar-refractivity contribution in [3.63, 3.8) is 0 Å². The Bertz CT molecular complexity index is 406. The molecule has 3 N–H and O–H groups in total. The molecule has 0 bridgehead atoms. The minimum Gasteiger partial charge on any atom is -0.369 e. The van der Waals surface area contributed by atoms with Gasteiger partial charge in [-0.1, -0.05) is 0 Å². The van der Waals surface area contributed by atoms with Crippen molar-refractivity contribution in [1.82, 2.24) is 15.1 Å². The molecule has 1 saturated heterocycles. The average Bonchev–Trinajstić information content (AvgIpc) is 2.48. The molecule has 1 aliphatic heterocycles. The molecule has 0 atom stereocenters. The largest absolute Gasteiger partial charge is 0.369 e. The molecule has 0 aromatic heterocycles. The van der Waals surface area contributed by atoms with Gasteiger partial charge < -0.3 is 11.1 Å². The zero-order valence-corrected chi connectivity index (χ0v) is 12.6. The number of nitrogens with one attached hydrogen (secondary N) is 1. The van der Waals surface area contributed by atoms with Crippen LogP contribution >= 0.6 is 0 Å². The number of urea groups is 1. The van der Waals surface area contributed by atoms with Gasteiger partial charge in [0.15, 0.2) is 0 Å². The number of primary amides is 1. The Labute approximate surface area is 119 Å². The highest BCUT2D eigenvalue weighted by Crippen LogP contribution is 2.16. The fraction of sp³-hybridized carbons (Fsp3) is 0.769. The van der Waals surface area contributed by atoms with Crippen LogP contribution in [0.5, 0.6) is 0 Å². The van der Waals surface area contributed by atoms with Crippen LogP contribution in [0.15, 0.2) is 0 Å². The van der Waals surface area contributed by atoms with Crippen molar-refractivity contribution in [2.75, 3.05) is 19.6 Å². The number of rotatable bonds is 7. The van der Waals surface area contributed by atoms with Crippen LogP contribution in [-0.2, 0) is 9.59 Å². The summed E-state index contributed by atoms with van der Waals surface area (Å²) in [4.78, 5) is 37.8. The van der Waals surface area contributed by atoms with Crippen molar-refractivity contribution in [3.05, 3.63) is 0 Å². The Kier molecular flexibility index (Phi) is 5.10. The second-order valence-corrected chi connectivity index (χ2v) is 5.90. The molecule has 1 heterocycles. The van der Waals surface area contributed by atoms with Gasteiger partial charge >= 0.3 is 6.03 Å². The van der Waals surface area contributed by atoms with E-state index in [0.717, 1.165) is 0 Å². The van der Waals surface area contributed by atoms with Gasteiger partial charge in [0.1, 0.15) is 5.54 Å². The molecular weight excluding hydrogens is 260 g/mol. The lowest BCUT2D eigenvalue weighted by Gasteiger charge is -2.25. The lowest BCUT2D eigenvalue weighted by Crippen LogP contribution is -2.42. The average molecular weight is 284 g/mol. The van der Waals surface area contributed by atoms with Crippen molar-refractivity contribution in [3.8, 4) is 0 Å². The highest BCUT2D eigenvalue weighted by atomic mass is 16.2. The molecule has 1 rings (SSSR count). The van der Waals surface area contributed by atoms with E-state index in [1.54, 1.807) is 13.8 Å². The molecule has 0 saturated carbocycles. The van der Waals surface area contributed by atoms with Crippen LogP contribution in [0.1, 0.15) is 34.1 Å². The van der Waals surface area contributed by atoms with Crippen LogP contribution in [0, 0.1) is 0 Å². The number of hydrogen-bond acceptors (Lipinski definition) is 4. The second-order valence-electron chi connectivity index (χ2n) is 5.90. The van der Waals surface area contributed by atoms with Gasteiger partial charge in [-0.3, -0.25) is 19.4 Å². The summed E-state index contributed by atoms with van der Waals surface area (Å²) in [5, 5.41) is 2.64. The first-order valence-electron chi connectivity index (χ1n) is 6.81. The fourth-order valence-corrected chi connectivity index (χ4v) is 2.17. The van der Waals surface area contributed by atoms with Gasteiger partial charge in [-0.05, 0) is 34.1 Å². The Hall–Kier alpha value is -1.63. The Morgan fingerprint density at radius 3 is 2.40 bits per heavy atom. The standard InChI is InChI=1S/C13H24N4O3/c1-9(2)16(8-10(14)18)6-5-7-17-11(19)13(3,4)15-12(17)20/h9H,5-8H2,1-4H3,(H2,14,18)(H,15,20). The van der Waals surface area contributed by atoms with Gasteiger partial charge in [0, 0.05) is 19.1 Å². The number of imide groups is 1. The Morgan fingerprint density at radius 1 is 1.40 bits per heavy atom. The minimum atomic E-state index is -0.831. The van der Waals surface area contributed by atoms with E-state index < -0.39 is 5.54 Å². The third-order valence-corrected chi connectivity index (χ3v) is 3.36. The van der Waals surface area contributed by atoms with Crippen LogP contribution in [0.2, 0.25) is 0 Å². The molecule has 7 nitrogen and oxygen atoms in total. The highest BCUT2D eigenvalue weighted by Gasteiger charge is 2.43. The number of nitrogens with two attached hydrogens (primary N) is 1. The van der Waals surface area contributed by atoms with Crippen molar-refractivity contribution in [2.45, 2.75) is 45.7 Å². The van der Waals surface area contributed by atoms with Gasteiger partial charge in [0.05, 0.1) is 6.54 Å². The summed E-state index contributed by atoms with van der Waals surface area (Å²) in [7, 11) is 0. The summed E-state index contributed by atoms with van der Waals surface area (Å²) >= 11 is 0. The molecule has 4 amide bonds. The van der Waals surface area contributed by atoms with Gasteiger partial charge in [-0.15, -0.1) is 0 Å². The van der Waals surface area contributed by atoms with Crippen molar-refractivity contribution in [2.24, 2.45) is 5.73 Å². The summed E-state index contributed by atoms with van der Waals surface area (Å²) in [6, 6.07) is -0.173. The third kappa shape index (κ3) is 3.93. The number of amides is 4. The molecule has 0 aromatic rings. The van der Waals surface area contributed by atoms with E-state index in [2.05, 4.69) is 5.32 Å². The van der Waals surface area contributed by atoms with Gasteiger partial charge in [0.2, 0.25) is 5.91 Å². The van der Waals surface area contributed by atoms with Crippen molar-refractivity contribution >= 4 is 17.8 Å². The number of carbonyl (C=O) groups is 3. The van der Waals surface area contributed by atoms with Crippen LogP contribution < -0.4 is 11.1 Å². The lowest BCUT2D eigenvalue weighted by molar-refractivity contribution is -0.130. The predicted octanol–water partition coefficient (Wildman–Crippen LogP) is -0.0974. The van der Waals surface area contributed by atoms with Gasteiger partial charge in [-0.25, -0.2) is 4.79 Å². The molecule has 0 aliphatic carbocycles. The lowest BCUT2D eigenvalue weighted by atomic mass is 10.1.